The van der Waals surface area contributed by atoms with Gasteiger partial charge in [-0.25, -0.2) is 0 Å². The Balaban J connectivity index is 1.26. The van der Waals surface area contributed by atoms with E-state index >= 15 is 0 Å². The minimum absolute atomic E-state index is 0.0341. The summed E-state index contributed by atoms with van der Waals surface area (Å²) in [7, 11) is 0. The van der Waals surface area contributed by atoms with E-state index in [9.17, 15) is 28.0 Å². The average molecular weight is 535 g/mol. The molecule has 1 N–H and O–H groups in total. The van der Waals surface area contributed by atoms with Crippen LogP contribution in [0.2, 0.25) is 0 Å². The number of nitrogens with zero attached hydrogens (tertiary/aromatic N) is 3. The number of alkyl halides is 3. The molecule has 204 valence electrons. The Hall–Kier alpha value is -2.72. The van der Waals surface area contributed by atoms with Gasteiger partial charge < -0.3 is 19.5 Å². The smallest absolute Gasteiger partial charge is 0.379 e. The third-order valence-electron chi connectivity index (χ3n) is 8.85. The molecule has 38 heavy (non-hydrogen) atoms. The standard InChI is InChI=1S/C26H29F3N4O5/c1-24-13-18(31-19(34)4-6-32-7-10-36-11-8-32)25(38-24)5-9-37-23-21(25)20(24)22(35)33(23)16-3-2-15(14-30)17(12-16)26(27,28)29/h2-3,12,18,20-21,23H,4-11,13H2,1H3,(H,31,34)/t18-,20-,21+,23+,24-,25+/m1/s1. The summed E-state index contributed by atoms with van der Waals surface area (Å²) in [5, 5.41) is 12.3. The molecule has 0 unspecified atom stereocenters. The third-order valence-corrected chi connectivity index (χ3v) is 8.85. The molecule has 2 amide bonds. The third kappa shape index (κ3) is 3.82. The maximum Gasteiger partial charge on any atom is 0.417 e. The van der Waals surface area contributed by atoms with Crippen LogP contribution in [0.5, 0.6) is 0 Å². The van der Waals surface area contributed by atoms with E-state index in [-0.39, 0.29) is 30.2 Å². The molecule has 2 bridgehead atoms. The molecule has 1 aromatic rings. The topological polar surface area (TPSA) is 104 Å². The van der Waals surface area contributed by atoms with Gasteiger partial charge in [-0.05, 0) is 31.5 Å². The number of carbonyl (C=O) groups excluding carboxylic acids is 2. The Morgan fingerprint density at radius 3 is 2.74 bits per heavy atom. The largest absolute Gasteiger partial charge is 0.417 e. The average Bonchev–Trinajstić information content (AvgIpc) is 3.45. The number of nitrogens with one attached hydrogen (secondary N) is 1. The number of hydrogen-bond donors (Lipinski definition) is 1. The van der Waals surface area contributed by atoms with Crippen molar-refractivity contribution in [1.82, 2.24) is 10.2 Å². The van der Waals surface area contributed by atoms with Crippen molar-refractivity contribution in [1.29, 1.82) is 5.26 Å². The van der Waals surface area contributed by atoms with Crippen LogP contribution in [0.15, 0.2) is 18.2 Å². The molecule has 5 aliphatic heterocycles. The Labute approximate surface area is 217 Å². The van der Waals surface area contributed by atoms with Gasteiger partial charge in [0.15, 0.2) is 0 Å². The number of amides is 2. The summed E-state index contributed by atoms with van der Waals surface area (Å²) in [6.45, 7) is 5.57. The Morgan fingerprint density at radius 2 is 2.03 bits per heavy atom. The molecular formula is C26H29F3N4O5. The zero-order valence-corrected chi connectivity index (χ0v) is 20.9. The summed E-state index contributed by atoms with van der Waals surface area (Å²) >= 11 is 0. The van der Waals surface area contributed by atoms with Crippen LogP contribution in [0.3, 0.4) is 0 Å². The number of rotatable bonds is 5. The van der Waals surface area contributed by atoms with Gasteiger partial charge in [0.05, 0.1) is 66.1 Å². The summed E-state index contributed by atoms with van der Waals surface area (Å²) < 4.78 is 59.0. The fraction of sp³-hybridized carbons (Fsp3) is 0.654. The molecule has 12 heteroatoms. The number of carbonyl (C=O) groups is 2. The van der Waals surface area contributed by atoms with E-state index in [0.29, 0.717) is 39.0 Å². The molecule has 0 aromatic heterocycles. The zero-order valence-electron chi connectivity index (χ0n) is 20.9. The summed E-state index contributed by atoms with van der Waals surface area (Å²) in [5.74, 6) is -1.52. The Bertz CT molecular complexity index is 1200. The highest BCUT2D eigenvalue weighted by Gasteiger charge is 2.78. The van der Waals surface area contributed by atoms with Crippen LogP contribution in [-0.2, 0) is 30.0 Å². The molecule has 5 aliphatic rings. The minimum Gasteiger partial charge on any atom is -0.379 e. The first-order valence-corrected chi connectivity index (χ1v) is 12.9. The van der Waals surface area contributed by atoms with Crippen LogP contribution >= 0.6 is 0 Å². The fourth-order valence-corrected chi connectivity index (χ4v) is 7.26. The first-order chi connectivity index (χ1) is 18.1. The molecule has 1 aromatic carbocycles. The van der Waals surface area contributed by atoms with Crippen molar-refractivity contribution >= 4 is 17.5 Å². The predicted molar refractivity (Wildman–Crippen MR) is 126 cm³/mol. The van der Waals surface area contributed by atoms with Gasteiger partial charge >= 0.3 is 6.18 Å². The number of nitriles is 1. The van der Waals surface area contributed by atoms with Gasteiger partial charge in [0.1, 0.15) is 6.23 Å². The first kappa shape index (κ1) is 25.6. The lowest BCUT2D eigenvalue weighted by molar-refractivity contribution is -0.148. The summed E-state index contributed by atoms with van der Waals surface area (Å²) in [5.41, 5.74) is -3.30. The Kier molecular flexibility index (Phi) is 5.99. The summed E-state index contributed by atoms with van der Waals surface area (Å²) in [6, 6.07) is 4.52. The van der Waals surface area contributed by atoms with Gasteiger partial charge in [0, 0.05) is 38.2 Å². The van der Waals surface area contributed by atoms with Crippen molar-refractivity contribution in [2.75, 3.05) is 44.4 Å². The Morgan fingerprint density at radius 1 is 1.26 bits per heavy atom. The van der Waals surface area contributed by atoms with Gasteiger partial charge in [-0.2, -0.15) is 18.4 Å². The first-order valence-electron chi connectivity index (χ1n) is 12.9. The van der Waals surface area contributed by atoms with Crippen LogP contribution < -0.4 is 10.2 Å². The van der Waals surface area contributed by atoms with Crippen molar-refractivity contribution < 1.29 is 37.0 Å². The number of ether oxygens (including phenoxy) is 3. The van der Waals surface area contributed by atoms with Crippen LogP contribution in [-0.4, -0.2) is 79.6 Å². The lowest BCUT2D eigenvalue weighted by atomic mass is 9.64. The van der Waals surface area contributed by atoms with E-state index in [1.54, 1.807) is 6.07 Å². The van der Waals surface area contributed by atoms with E-state index in [1.165, 1.54) is 11.0 Å². The highest BCUT2D eigenvalue weighted by atomic mass is 19.4. The minimum atomic E-state index is -4.75. The van der Waals surface area contributed by atoms with Gasteiger partial charge in [-0.3, -0.25) is 19.4 Å². The molecule has 6 rings (SSSR count). The van der Waals surface area contributed by atoms with Crippen molar-refractivity contribution in [2.24, 2.45) is 11.8 Å². The van der Waals surface area contributed by atoms with Crippen molar-refractivity contribution in [3.05, 3.63) is 29.3 Å². The highest BCUT2D eigenvalue weighted by molar-refractivity contribution is 6.00. The van der Waals surface area contributed by atoms with Crippen molar-refractivity contribution in [2.45, 2.75) is 55.8 Å². The van der Waals surface area contributed by atoms with Crippen LogP contribution in [0.25, 0.3) is 0 Å². The molecule has 5 fully saturated rings. The van der Waals surface area contributed by atoms with E-state index in [1.807, 2.05) is 6.92 Å². The normalized spacial score (nSPS) is 36.3. The van der Waals surface area contributed by atoms with E-state index in [2.05, 4.69) is 10.2 Å². The molecule has 0 saturated carbocycles. The molecule has 9 nitrogen and oxygen atoms in total. The number of anilines is 1. The quantitative estimate of drug-likeness (QED) is 0.617. The molecule has 5 saturated heterocycles. The van der Waals surface area contributed by atoms with E-state index in [4.69, 9.17) is 14.2 Å². The maximum atomic E-state index is 13.8. The van der Waals surface area contributed by atoms with Gasteiger partial charge in [-0.1, -0.05) is 0 Å². The summed E-state index contributed by atoms with van der Waals surface area (Å²) in [4.78, 5) is 30.2. The van der Waals surface area contributed by atoms with Gasteiger partial charge in [-0.15, -0.1) is 0 Å². The van der Waals surface area contributed by atoms with Crippen LogP contribution in [0.4, 0.5) is 18.9 Å². The molecule has 6 atom stereocenters. The second-order valence-electron chi connectivity index (χ2n) is 11.0. The fourth-order valence-electron chi connectivity index (χ4n) is 7.26. The molecule has 1 spiro atoms. The van der Waals surface area contributed by atoms with Crippen molar-refractivity contribution in [3.63, 3.8) is 0 Å². The number of benzene rings is 1. The van der Waals surface area contributed by atoms with Crippen LogP contribution in [0.1, 0.15) is 37.3 Å². The summed E-state index contributed by atoms with van der Waals surface area (Å²) in [6.07, 6.45) is -4.35. The lowest BCUT2D eigenvalue weighted by Gasteiger charge is -2.45. The monoisotopic (exact) mass is 534 g/mol. The van der Waals surface area contributed by atoms with Gasteiger partial charge in [0.25, 0.3) is 0 Å². The highest BCUT2D eigenvalue weighted by Crippen LogP contribution is 2.65. The van der Waals surface area contributed by atoms with Crippen molar-refractivity contribution in [3.8, 4) is 6.07 Å². The molecule has 0 aliphatic carbocycles. The zero-order chi connectivity index (χ0) is 26.9. The molecule has 0 radical (unpaired) electrons. The lowest BCUT2D eigenvalue weighted by Crippen LogP contribution is -2.61. The second kappa shape index (κ2) is 8.91. The van der Waals surface area contributed by atoms with E-state index in [0.717, 1.165) is 25.2 Å². The number of halogens is 3. The number of fused-ring (bicyclic) bond motifs is 2. The SMILES string of the molecule is C[C@@]12C[C@@H](NC(=O)CCN3CCOCC3)[C@]3(CCO[C@H]4[C@@H]3[C@@H]1C(=O)N4c1ccc(C#N)c(C(F)(F)F)c1)O2. The number of morpholine rings is 1. The molecule has 5 heterocycles. The van der Waals surface area contributed by atoms with E-state index < -0.39 is 46.6 Å². The second-order valence-corrected chi connectivity index (χ2v) is 11.0. The molecular weight excluding hydrogens is 505 g/mol. The van der Waals surface area contributed by atoms with Gasteiger partial charge in [0.2, 0.25) is 11.8 Å². The predicted octanol–water partition coefficient (Wildman–Crippen LogP) is 2.04. The number of hydrogen-bond acceptors (Lipinski definition) is 7. The maximum absolute atomic E-state index is 13.8. The van der Waals surface area contributed by atoms with Crippen LogP contribution in [0, 0.1) is 23.2 Å².